The van der Waals surface area contributed by atoms with Gasteiger partial charge < -0.3 is 9.84 Å². The SMILES string of the molecule is COc1cccc(C(O)CC2CCC2)c1F. The molecular weight excluding hydrogens is 207 g/mol. The van der Waals surface area contributed by atoms with E-state index in [-0.39, 0.29) is 5.75 Å². The first-order chi connectivity index (χ1) is 7.72. The molecule has 0 bridgehead atoms. The molecule has 0 aliphatic heterocycles. The molecule has 1 N–H and O–H groups in total. The minimum atomic E-state index is -0.708. The number of aliphatic hydroxyl groups excluding tert-OH is 1. The van der Waals surface area contributed by atoms with Crippen LogP contribution in [0.1, 0.15) is 37.4 Å². The van der Waals surface area contributed by atoms with Crippen LogP contribution in [0, 0.1) is 11.7 Å². The second-order valence-corrected chi connectivity index (χ2v) is 4.41. The van der Waals surface area contributed by atoms with Gasteiger partial charge in [0.25, 0.3) is 0 Å². The predicted molar refractivity (Wildman–Crippen MR) is 59.9 cm³/mol. The Morgan fingerprint density at radius 3 is 2.81 bits per heavy atom. The van der Waals surface area contributed by atoms with E-state index >= 15 is 0 Å². The fraction of sp³-hybridized carbons (Fsp3) is 0.538. The molecule has 1 atom stereocenters. The van der Waals surface area contributed by atoms with Crippen LogP contribution in [-0.4, -0.2) is 12.2 Å². The van der Waals surface area contributed by atoms with Gasteiger partial charge in [-0.25, -0.2) is 4.39 Å². The maximum atomic E-state index is 13.8. The number of methoxy groups -OCH3 is 1. The highest BCUT2D eigenvalue weighted by molar-refractivity contribution is 5.32. The van der Waals surface area contributed by atoms with E-state index in [2.05, 4.69) is 0 Å². The summed E-state index contributed by atoms with van der Waals surface area (Å²) in [5, 5.41) is 9.96. The van der Waals surface area contributed by atoms with Crippen molar-refractivity contribution in [2.24, 2.45) is 5.92 Å². The summed E-state index contributed by atoms with van der Waals surface area (Å²) in [7, 11) is 1.43. The standard InChI is InChI=1S/C13H17FO2/c1-16-12-7-3-6-10(13(12)14)11(15)8-9-4-2-5-9/h3,6-7,9,11,15H,2,4-5,8H2,1H3. The van der Waals surface area contributed by atoms with Crippen LogP contribution in [-0.2, 0) is 0 Å². The highest BCUT2D eigenvalue weighted by atomic mass is 19.1. The first-order valence-electron chi connectivity index (χ1n) is 5.73. The molecule has 0 spiro atoms. The molecule has 1 aliphatic rings. The largest absolute Gasteiger partial charge is 0.494 e. The van der Waals surface area contributed by atoms with Crippen molar-refractivity contribution in [3.63, 3.8) is 0 Å². The average molecular weight is 224 g/mol. The zero-order valence-electron chi connectivity index (χ0n) is 9.45. The summed E-state index contributed by atoms with van der Waals surface area (Å²) in [6, 6.07) is 4.90. The van der Waals surface area contributed by atoms with Crippen molar-refractivity contribution >= 4 is 0 Å². The number of ether oxygens (including phenoxy) is 1. The second-order valence-electron chi connectivity index (χ2n) is 4.41. The Hall–Kier alpha value is -1.09. The zero-order chi connectivity index (χ0) is 11.5. The lowest BCUT2D eigenvalue weighted by atomic mass is 9.80. The minimum absolute atomic E-state index is 0.199. The third-order valence-corrected chi connectivity index (χ3v) is 3.35. The second kappa shape index (κ2) is 4.83. The average Bonchev–Trinajstić information content (AvgIpc) is 2.23. The van der Waals surface area contributed by atoms with Crippen molar-refractivity contribution in [2.45, 2.75) is 31.8 Å². The van der Waals surface area contributed by atoms with Gasteiger partial charge in [-0.2, -0.15) is 0 Å². The van der Waals surface area contributed by atoms with Crippen LogP contribution in [0.4, 0.5) is 4.39 Å². The highest BCUT2D eigenvalue weighted by Crippen LogP contribution is 2.36. The summed E-state index contributed by atoms with van der Waals surface area (Å²) in [5.74, 6) is 0.322. The summed E-state index contributed by atoms with van der Waals surface area (Å²) in [6.45, 7) is 0. The maximum Gasteiger partial charge on any atom is 0.170 e. The predicted octanol–water partition coefficient (Wildman–Crippen LogP) is 3.06. The lowest BCUT2D eigenvalue weighted by Crippen LogP contribution is -2.15. The molecule has 1 aromatic rings. The number of benzene rings is 1. The van der Waals surface area contributed by atoms with E-state index in [0.29, 0.717) is 17.9 Å². The van der Waals surface area contributed by atoms with E-state index in [1.54, 1.807) is 18.2 Å². The van der Waals surface area contributed by atoms with Crippen LogP contribution in [0.15, 0.2) is 18.2 Å². The summed E-state index contributed by atoms with van der Waals surface area (Å²) in [5.41, 5.74) is 0.353. The zero-order valence-corrected chi connectivity index (χ0v) is 9.45. The lowest BCUT2D eigenvalue weighted by Gasteiger charge is -2.27. The van der Waals surface area contributed by atoms with Gasteiger partial charge in [0.2, 0.25) is 0 Å². The molecule has 0 heterocycles. The molecule has 16 heavy (non-hydrogen) atoms. The molecule has 2 nitrogen and oxygen atoms in total. The normalized spacial score (nSPS) is 17.9. The lowest BCUT2D eigenvalue weighted by molar-refractivity contribution is 0.114. The van der Waals surface area contributed by atoms with Gasteiger partial charge in [0.1, 0.15) is 0 Å². The topological polar surface area (TPSA) is 29.5 Å². The first kappa shape index (κ1) is 11.4. The first-order valence-corrected chi connectivity index (χ1v) is 5.73. The quantitative estimate of drug-likeness (QED) is 0.851. The van der Waals surface area contributed by atoms with E-state index < -0.39 is 11.9 Å². The van der Waals surface area contributed by atoms with E-state index in [4.69, 9.17) is 4.74 Å². The van der Waals surface area contributed by atoms with Crippen LogP contribution in [0.3, 0.4) is 0 Å². The Bertz CT molecular complexity index is 361. The van der Waals surface area contributed by atoms with Crippen LogP contribution in [0.5, 0.6) is 5.75 Å². The fourth-order valence-corrected chi connectivity index (χ4v) is 2.11. The molecule has 1 aliphatic carbocycles. The highest BCUT2D eigenvalue weighted by Gasteiger charge is 2.24. The Labute approximate surface area is 95.1 Å². The molecule has 1 fully saturated rings. The molecular formula is C13H17FO2. The van der Waals surface area contributed by atoms with Crippen molar-refractivity contribution in [1.29, 1.82) is 0 Å². The van der Waals surface area contributed by atoms with Gasteiger partial charge in [0, 0.05) is 5.56 Å². The van der Waals surface area contributed by atoms with Gasteiger partial charge in [-0.1, -0.05) is 31.4 Å². The molecule has 1 saturated carbocycles. The van der Waals surface area contributed by atoms with Crippen LogP contribution in [0.25, 0.3) is 0 Å². The Morgan fingerprint density at radius 2 is 2.25 bits per heavy atom. The maximum absolute atomic E-state index is 13.8. The van der Waals surface area contributed by atoms with Gasteiger partial charge in [-0.3, -0.25) is 0 Å². The summed E-state index contributed by atoms with van der Waals surface area (Å²) >= 11 is 0. The fourth-order valence-electron chi connectivity index (χ4n) is 2.11. The van der Waals surface area contributed by atoms with Gasteiger partial charge in [-0.15, -0.1) is 0 Å². The van der Waals surface area contributed by atoms with E-state index in [9.17, 15) is 9.50 Å². The van der Waals surface area contributed by atoms with Crippen LogP contribution in [0.2, 0.25) is 0 Å². The number of hydrogen-bond donors (Lipinski definition) is 1. The van der Waals surface area contributed by atoms with E-state index in [1.807, 2.05) is 0 Å². The molecule has 1 unspecified atom stereocenters. The number of halogens is 1. The third kappa shape index (κ3) is 2.19. The number of hydrogen-bond acceptors (Lipinski definition) is 2. The molecule has 2 rings (SSSR count). The molecule has 0 amide bonds. The van der Waals surface area contributed by atoms with Gasteiger partial charge in [0.15, 0.2) is 11.6 Å². The van der Waals surface area contributed by atoms with Gasteiger partial charge in [-0.05, 0) is 18.4 Å². The molecule has 88 valence electrons. The van der Waals surface area contributed by atoms with Crippen LogP contribution < -0.4 is 4.74 Å². The Kier molecular flexibility index (Phi) is 3.44. The van der Waals surface area contributed by atoms with E-state index in [1.165, 1.54) is 13.5 Å². The Balaban J connectivity index is 2.11. The van der Waals surface area contributed by atoms with Crippen molar-refractivity contribution in [3.8, 4) is 5.75 Å². The number of rotatable bonds is 4. The molecule has 0 radical (unpaired) electrons. The molecule has 0 aromatic heterocycles. The van der Waals surface area contributed by atoms with Crippen molar-refractivity contribution in [3.05, 3.63) is 29.6 Å². The molecule has 1 aromatic carbocycles. The smallest absolute Gasteiger partial charge is 0.170 e. The summed E-state index contributed by atoms with van der Waals surface area (Å²) in [4.78, 5) is 0. The van der Waals surface area contributed by atoms with Gasteiger partial charge in [0.05, 0.1) is 13.2 Å². The third-order valence-electron chi connectivity index (χ3n) is 3.35. The molecule has 3 heteroatoms. The monoisotopic (exact) mass is 224 g/mol. The van der Waals surface area contributed by atoms with E-state index in [0.717, 1.165) is 12.8 Å². The number of aliphatic hydroxyl groups is 1. The van der Waals surface area contributed by atoms with Crippen LogP contribution >= 0.6 is 0 Å². The minimum Gasteiger partial charge on any atom is -0.494 e. The van der Waals surface area contributed by atoms with Gasteiger partial charge >= 0.3 is 0 Å². The van der Waals surface area contributed by atoms with Crippen molar-refractivity contribution < 1.29 is 14.2 Å². The van der Waals surface area contributed by atoms with Crippen molar-refractivity contribution in [2.75, 3.05) is 7.11 Å². The molecule has 0 saturated heterocycles. The Morgan fingerprint density at radius 1 is 1.50 bits per heavy atom. The summed E-state index contributed by atoms with van der Waals surface area (Å²) < 4.78 is 18.7. The summed E-state index contributed by atoms with van der Waals surface area (Å²) in [6.07, 6.45) is 3.49. The van der Waals surface area contributed by atoms with Crippen molar-refractivity contribution in [1.82, 2.24) is 0 Å².